The summed E-state index contributed by atoms with van der Waals surface area (Å²) < 4.78 is 5.06. The lowest BCUT2D eigenvalue weighted by atomic mass is 10.2. The molecule has 102 valence electrons. The Morgan fingerprint density at radius 3 is 2.60 bits per heavy atom. The van der Waals surface area contributed by atoms with Crippen LogP contribution in [0.5, 0.6) is 0 Å². The van der Waals surface area contributed by atoms with E-state index >= 15 is 0 Å². The van der Waals surface area contributed by atoms with Gasteiger partial charge >= 0.3 is 0 Å². The summed E-state index contributed by atoms with van der Waals surface area (Å²) in [7, 11) is 0. The summed E-state index contributed by atoms with van der Waals surface area (Å²) in [6.45, 7) is 7.09. The van der Waals surface area contributed by atoms with E-state index in [0.717, 1.165) is 30.2 Å². The highest BCUT2D eigenvalue weighted by Gasteiger charge is 2.05. The van der Waals surface area contributed by atoms with Crippen molar-refractivity contribution in [1.82, 2.24) is 0 Å². The smallest absolute Gasteiger partial charge is 0.211 e. The van der Waals surface area contributed by atoms with Crippen LogP contribution in [0.15, 0.2) is 65.7 Å². The van der Waals surface area contributed by atoms with Crippen molar-refractivity contribution in [3.63, 3.8) is 0 Å². The molecule has 0 radical (unpaired) electrons. The summed E-state index contributed by atoms with van der Waals surface area (Å²) in [5.41, 5.74) is 2.06. The molecule has 0 aliphatic carbocycles. The van der Waals surface area contributed by atoms with Gasteiger partial charge in [-0.25, -0.2) is 4.99 Å². The third-order valence-electron chi connectivity index (χ3n) is 2.32. The van der Waals surface area contributed by atoms with Gasteiger partial charge < -0.3 is 4.74 Å². The largest absolute Gasteiger partial charge is 0.476 e. The second-order valence-electron chi connectivity index (χ2n) is 4.07. The molecule has 0 saturated heterocycles. The van der Waals surface area contributed by atoms with Crippen LogP contribution < -0.4 is 0 Å². The van der Waals surface area contributed by atoms with Crippen molar-refractivity contribution in [3.8, 4) is 6.07 Å². The van der Waals surface area contributed by atoms with Crippen LogP contribution in [0, 0.1) is 11.3 Å². The van der Waals surface area contributed by atoms with Gasteiger partial charge in [-0.05, 0) is 12.5 Å². The minimum absolute atomic E-state index is 0.724. The van der Waals surface area contributed by atoms with Gasteiger partial charge in [-0.1, -0.05) is 55.1 Å². The van der Waals surface area contributed by atoms with Gasteiger partial charge in [0.2, 0.25) is 5.90 Å². The first-order valence-corrected chi connectivity index (χ1v) is 6.35. The van der Waals surface area contributed by atoms with E-state index in [1.165, 1.54) is 6.08 Å². The first-order chi connectivity index (χ1) is 9.74. The molecule has 1 aromatic rings. The molecule has 2 rings (SSSR count). The van der Waals surface area contributed by atoms with Gasteiger partial charge in [0.25, 0.3) is 0 Å². The fraction of sp³-hybridized carbons (Fsp3) is 0.176. The molecule has 0 saturated carbocycles. The van der Waals surface area contributed by atoms with Crippen LogP contribution in [0.4, 0.5) is 0 Å². The van der Waals surface area contributed by atoms with E-state index in [9.17, 15) is 0 Å². The highest BCUT2D eigenvalue weighted by Crippen LogP contribution is 2.01. The van der Waals surface area contributed by atoms with Crippen LogP contribution >= 0.6 is 0 Å². The quantitative estimate of drug-likeness (QED) is 0.617. The first-order valence-electron chi connectivity index (χ1n) is 6.35. The molecular weight excluding hydrogens is 248 g/mol. The number of rotatable bonds is 3. The summed E-state index contributed by atoms with van der Waals surface area (Å²) >= 11 is 0. The highest BCUT2D eigenvalue weighted by atomic mass is 16.5. The van der Waals surface area contributed by atoms with E-state index in [1.54, 1.807) is 6.08 Å². The van der Waals surface area contributed by atoms with Gasteiger partial charge in [0.05, 0.1) is 12.6 Å². The summed E-state index contributed by atoms with van der Waals surface area (Å²) in [5.74, 6) is 0.727. The Labute approximate surface area is 120 Å². The molecule has 1 aliphatic heterocycles. The monoisotopic (exact) mass is 266 g/mol. The van der Waals surface area contributed by atoms with Crippen molar-refractivity contribution in [1.29, 1.82) is 5.26 Å². The molecule has 0 spiro atoms. The van der Waals surface area contributed by atoms with Gasteiger partial charge in [-0.15, -0.1) is 0 Å². The molecule has 0 aromatic heterocycles. The number of benzene rings is 1. The summed E-state index contributed by atoms with van der Waals surface area (Å²) in [4.78, 5) is 4.03. The molecule has 1 aromatic carbocycles. The van der Waals surface area contributed by atoms with Crippen LogP contribution in [-0.4, -0.2) is 19.0 Å². The van der Waals surface area contributed by atoms with E-state index in [4.69, 9.17) is 10.00 Å². The summed E-state index contributed by atoms with van der Waals surface area (Å²) in [5, 5.41) is 8.19. The fourth-order valence-electron chi connectivity index (χ4n) is 1.42. The van der Waals surface area contributed by atoms with Gasteiger partial charge in [-0.2, -0.15) is 5.26 Å². The molecule has 1 heterocycles. The summed E-state index contributed by atoms with van der Waals surface area (Å²) in [6.07, 6.45) is 6.96. The fourth-order valence-corrected chi connectivity index (χ4v) is 1.42. The van der Waals surface area contributed by atoms with Crippen molar-refractivity contribution in [2.45, 2.75) is 6.92 Å². The zero-order chi connectivity index (χ0) is 14.6. The third-order valence-corrected chi connectivity index (χ3v) is 2.32. The van der Waals surface area contributed by atoms with Crippen molar-refractivity contribution in [2.75, 3.05) is 13.2 Å². The number of aliphatic imine (C=N–C) groups is 1. The zero-order valence-electron chi connectivity index (χ0n) is 11.6. The zero-order valence-corrected chi connectivity index (χ0v) is 11.6. The number of ether oxygens (including phenoxy) is 1. The molecule has 0 fully saturated rings. The van der Waals surface area contributed by atoms with E-state index in [1.807, 2.05) is 55.5 Å². The Morgan fingerprint density at radius 1 is 1.35 bits per heavy atom. The minimum atomic E-state index is 0.724. The van der Waals surface area contributed by atoms with Crippen LogP contribution in [-0.2, 0) is 4.74 Å². The van der Waals surface area contributed by atoms with Crippen LogP contribution in [0.3, 0.4) is 0 Å². The molecule has 0 unspecified atom stereocenters. The first kappa shape index (κ1) is 15.5. The number of nitrogens with zero attached hydrogens (tertiary/aromatic N) is 2. The molecule has 0 N–H and O–H groups in total. The third kappa shape index (κ3) is 6.36. The predicted octanol–water partition coefficient (Wildman–Crippen LogP) is 3.77. The normalized spacial score (nSPS) is 13.3. The second-order valence-corrected chi connectivity index (χ2v) is 4.07. The SMILES string of the molecule is C=C(C)C1=NCCO1.N#CC=CC=Cc1ccccc1. The number of allylic oxidation sites excluding steroid dienone is 3. The van der Waals surface area contributed by atoms with Crippen molar-refractivity contribution >= 4 is 12.0 Å². The Balaban J connectivity index is 0.000000217. The maximum atomic E-state index is 8.19. The lowest BCUT2D eigenvalue weighted by Crippen LogP contribution is -1.97. The minimum Gasteiger partial charge on any atom is -0.476 e. The number of hydrogen-bond donors (Lipinski definition) is 0. The van der Waals surface area contributed by atoms with Crippen molar-refractivity contribution in [2.24, 2.45) is 4.99 Å². The standard InChI is InChI=1S/C11H9N.C6H9NO/c12-10-6-2-5-9-11-7-3-1-4-8-11;1-5(2)6-7-3-4-8-6/h1-9H;1,3-4H2,2H3. The molecule has 3 heteroatoms. The van der Waals surface area contributed by atoms with Gasteiger partial charge in [0, 0.05) is 11.6 Å². The maximum absolute atomic E-state index is 8.19. The number of nitriles is 1. The van der Waals surface area contributed by atoms with E-state index in [2.05, 4.69) is 11.6 Å². The average Bonchev–Trinajstić information content (AvgIpc) is 3.00. The molecular formula is C17H18N2O. The van der Waals surface area contributed by atoms with Crippen molar-refractivity contribution < 1.29 is 4.74 Å². The second kappa shape index (κ2) is 9.35. The molecule has 3 nitrogen and oxygen atoms in total. The van der Waals surface area contributed by atoms with Crippen LogP contribution in [0.25, 0.3) is 6.08 Å². The number of hydrogen-bond acceptors (Lipinski definition) is 3. The summed E-state index contributed by atoms with van der Waals surface area (Å²) in [6, 6.07) is 11.9. The van der Waals surface area contributed by atoms with Crippen LogP contribution in [0.2, 0.25) is 0 Å². The van der Waals surface area contributed by atoms with Gasteiger partial charge in [0.1, 0.15) is 6.61 Å². The maximum Gasteiger partial charge on any atom is 0.211 e. The molecule has 0 atom stereocenters. The predicted molar refractivity (Wildman–Crippen MR) is 83.3 cm³/mol. The Kier molecular flexibility index (Phi) is 7.22. The lowest BCUT2D eigenvalue weighted by Gasteiger charge is -1.95. The molecule has 20 heavy (non-hydrogen) atoms. The lowest BCUT2D eigenvalue weighted by molar-refractivity contribution is 0.347. The highest BCUT2D eigenvalue weighted by molar-refractivity contribution is 5.93. The van der Waals surface area contributed by atoms with Crippen LogP contribution in [0.1, 0.15) is 12.5 Å². The Hall–Kier alpha value is -2.60. The molecule has 1 aliphatic rings. The van der Waals surface area contributed by atoms with Gasteiger partial charge in [-0.3, -0.25) is 0 Å². The molecule has 0 bridgehead atoms. The molecule has 0 amide bonds. The van der Waals surface area contributed by atoms with E-state index in [-0.39, 0.29) is 0 Å². The van der Waals surface area contributed by atoms with E-state index < -0.39 is 0 Å². The van der Waals surface area contributed by atoms with Crippen molar-refractivity contribution in [3.05, 3.63) is 66.3 Å². The average molecular weight is 266 g/mol. The Bertz CT molecular complexity index is 548. The Morgan fingerprint density at radius 2 is 2.10 bits per heavy atom. The topological polar surface area (TPSA) is 45.4 Å². The van der Waals surface area contributed by atoms with E-state index in [0.29, 0.717) is 0 Å². The van der Waals surface area contributed by atoms with Gasteiger partial charge in [0.15, 0.2) is 0 Å².